The van der Waals surface area contributed by atoms with Crippen LogP contribution in [0.1, 0.15) is 10.4 Å². The maximum absolute atomic E-state index is 11.6. The van der Waals surface area contributed by atoms with Gasteiger partial charge in [-0.15, -0.1) is 11.3 Å². The predicted molar refractivity (Wildman–Crippen MR) is 76.7 cm³/mol. The fourth-order valence-corrected chi connectivity index (χ4v) is 2.38. The van der Waals surface area contributed by atoms with Gasteiger partial charge in [-0.05, 0) is 23.8 Å². The van der Waals surface area contributed by atoms with E-state index in [0.717, 1.165) is 14.8 Å². The maximum Gasteiger partial charge on any atom is 0.244 e. The van der Waals surface area contributed by atoms with Crippen molar-refractivity contribution in [3.8, 4) is 0 Å². The second-order valence-electron chi connectivity index (χ2n) is 3.68. The number of halogens is 1. The summed E-state index contributed by atoms with van der Waals surface area (Å²) in [5.41, 5.74) is 1.08. The molecule has 0 saturated carbocycles. The van der Waals surface area contributed by atoms with Crippen molar-refractivity contribution in [3.63, 3.8) is 0 Å². The van der Waals surface area contributed by atoms with Crippen LogP contribution in [0.5, 0.6) is 0 Å². The first-order valence-corrected chi connectivity index (χ1v) is 6.68. The van der Waals surface area contributed by atoms with Crippen LogP contribution >= 0.6 is 22.9 Å². The van der Waals surface area contributed by atoms with Crippen LogP contribution in [-0.2, 0) is 11.3 Å². The molecular weight excluding hydrogens is 266 g/mol. The summed E-state index contributed by atoms with van der Waals surface area (Å²) in [4.78, 5) is 12.5. The lowest BCUT2D eigenvalue weighted by Crippen LogP contribution is -2.19. The average molecular weight is 278 g/mol. The molecule has 18 heavy (non-hydrogen) atoms. The molecule has 1 aromatic carbocycles. The number of hydrogen-bond acceptors (Lipinski definition) is 2. The van der Waals surface area contributed by atoms with Crippen molar-refractivity contribution in [2.24, 2.45) is 0 Å². The fourth-order valence-electron chi connectivity index (χ4n) is 1.42. The molecule has 1 amide bonds. The summed E-state index contributed by atoms with van der Waals surface area (Å²) in [5.74, 6) is -0.108. The summed E-state index contributed by atoms with van der Waals surface area (Å²) >= 11 is 7.24. The van der Waals surface area contributed by atoms with Crippen molar-refractivity contribution in [1.29, 1.82) is 0 Å². The van der Waals surface area contributed by atoms with Crippen molar-refractivity contribution < 1.29 is 4.79 Å². The molecule has 0 spiro atoms. The number of carbonyl (C=O) groups is 1. The Morgan fingerprint density at radius 3 is 2.67 bits per heavy atom. The van der Waals surface area contributed by atoms with E-state index in [4.69, 9.17) is 11.6 Å². The molecule has 1 N–H and O–H groups in total. The Labute approximate surface area is 115 Å². The summed E-state index contributed by atoms with van der Waals surface area (Å²) in [7, 11) is 0. The van der Waals surface area contributed by atoms with Gasteiger partial charge in [0.05, 0.1) is 4.34 Å². The number of benzene rings is 1. The van der Waals surface area contributed by atoms with E-state index in [-0.39, 0.29) is 5.91 Å². The zero-order chi connectivity index (χ0) is 12.8. The first-order valence-electron chi connectivity index (χ1n) is 5.49. The first kappa shape index (κ1) is 12.9. The molecule has 92 valence electrons. The fraction of sp³-hybridized carbons (Fsp3) is 0.0714. The largest absolute Gasteiger partial charge is 0.348 e. The molecule has 1 heterocycles. The molecule has 4 heteroatoms. The summed E-state index contributed by atoms with van der Waals surface area (Å²) in [6.45, 7) is 0.537. The van der Waals surface area contributed by atoms with Gasteiger partial charge in [-0.25, -0.2) is 0 Å². The van der Waals surface area contributed by atoms with E-state index in [9.17, 15) is 4.79 Å². The highest BCUT2D eigenvalue weighted by Gasteiger charge is 1.97. The Morgan fingerprint density at radius 1 is 1.22 bits per heavy atom. The summed E-state index contributed by atoms with van der Waals surface area (Å²) < 4.78 is 0.722. The van der Waals surface area contributed by atoms with E-state index in [0.29, 0.717) is 6.54 Å². The molecule has 0 aliphatic carbocycles. The molecule has 2 nitrogen and oxygen atoms in total. The van der Waals surface area contributed by atoms with Gasteiger partial charge in [0.1, 0.15) is 0 Å². The van der Waals surface area contributed by atoms with E-state index >= 15 is 0 Å². The lowest BCUT2D eigenvalue weighted by molar-refractivity contribution is -0.116. The van der Waals surface area contributed by atoms with Crippen molar-refractivity contribution in [2.75, 3.05) is 0 Å². The van der Waals surface area contributed by atoms with Gasteiger partial charge in [-0.2, -0.15) is 0 Å². The first-order chi connectivity index (χ1) is 8.74. The van der Waals surface area contributed by atoms with Crippen LogP contribution in [0.4, 0.5) is 0 Å². The molecule has 0 fully saturated rings. The van der Waals surface area contributed by atoms with E-state index < -0.39 is 0 Å². The molecule has 1 aromatic heterocycles. The number of carbonyl (C=O) groups excluding carboxylic acids is 1. The molecule has 0 atom stereocenters. The maximum atomic E-state index is 11.6. The Bertz CT molecular complexity index is 548. The van der Waals surface area contributed by atoms with Crippen LogP contribution < -0.4 is 5.32 Å². The predicted octanol–water partition coefficient (Wildman–Crippen LogP) is 3.73. The van der Waals surface area contributed by atoms with E-state index in [2.05, 4.69) is 5.32 Å². The Morgan fingerprint density at radius 2 is 2.00 bits per heavy atom. The van der Waals surface area contributed by atoms with Crippen molar-refractivity contribution in [2.45, 2.75) is 6.54 Å². The lowest BCUT2D eigenvalue weighted by atomic mass is 10.2. The van der Waals surface area contributed by atoms with Gasteiger partial charge < -0.3 is 5.32 Å². The third-order valence-electron chi connectivity index (χ3n) is 2.30. The van der Waals surface area contributed by atoms with E-state index in [1.54, 1.807) is 6.08 Å². The van der Waals surface area contributed by atoms with Gasteiger partial charge in [0, 0.05) is 17.5 Å². The third-order valence-corrected chi connectivity index (χ3v) is 3.50. The van der Waals surface area contributed by atoms with Gasteiger partial charge in [0.2, 0.25) is 5.91 Å². The van der Waals surface area contributed by atoms with Crippen LogP contribution in [0, 0.1) is 0 Å². The van der Waals surface area contributed by atoms with Gasteiger partial charge in [0.25, 0.3) is 0 Å². The molecule has 0 saturated heterocycles. The topological polar surface area (TPSA) is 29.1 Å². The summed E-state index contributed by atoms with van der Waals surface area (Å²) in [5, 5.41) is 2.82. The third kappa shape index (κ3) is 4.02. The van der Waals surface area contributed by atoms with Gasteiger partial charge in [-0.3, -0.25) is 4.79 Å². The van der Waals surface area contributed by atoms with Crippen molar-refractivity contribution >= 4 is 34.9 Å². The average Bonchev–Trinajstić information content (AvgIpc) is 2.81. The number of amides is 1. The monoisotopic (exact) mass is 277 g/mol. The van der Waals surface area contributed by atoms with Gasteiger partial charge in [0.15, 0.2) is 0 Å². The second-order valence-corrected chi connectivity index (χ2v) is 5.43. The number of hydrogen-bond donors (Lipinski definition) is 1. The van der Waals surface area contributed by atoms with Crippen LogP contribution in [0.2, 0.25) is 4.34 Å². The molecule has 2 aromatic rings. The smallest absolute Gasteiger partial charge is 0.244 e. The molecule has 0 unspecified atom stereocenters. The molecule has 0 radical (unpaired) electrons. The minimum atomic E-state index is -0.108. The molecule has 2 rings (SSSR count). The standard InChI is InChI=1S/C14H12ClNOS/c15-13-8-6-12(18-13)7-9-14(17)16-10-11-4-2-1-3-5-11/h1-9H,10H2,(H,16,17). The highest BCUT2D eigenvalue weighted by molar-refractivity contribution is 7.17. The Hall–Kier alpha value is -1.58. The minimum Gasteiger partial charge on any atom is -0.348 e. The van der Waals surface area contributed by atoms with E-state index in [1.807, 2.05) is 42.5 Å². The van der Waals surface area contributed by atoms with Crippen LogP contribution in [-0.4, -0.2) is 5.91 Å². The Balaban J connectivity index is 1.84. The normalized spacial score (nSPS) is 10.7. The van der Waals surface area contributed by atoms with Crippen LogP contribution in [0.15, 0.2) is 48.5 Å². The number of rotatable bonds is 4. The SMILES string of the molecule is O=C(C=Cc1ccc(Cl)s1)NCc1ccccc1. The second kappa shape index (κ2) is 6.38. The number of thiophene rings is 1. The minimum absolute atomic E-state index is 0.108. The molecule has 0 bridgehead atoms. The van der Waals surface area contributed by atoms with Gasteiger partial charge >= 0.3 is 0 Å². The zero-order valence-corrected chi connectivity index (χ0v) is 11.2. The summed E-state index contributed by atoms with van der Waals surface area (Å²) in [6, 6.07) is 13.5. The Kier molecular flexibility index (Phi) is 4.56. The van der Waals surface area contributed by atoms with Crippen molar-refractivity contribution in [3.05, 3.63) is 63.3 Å². The highest BCUT2D eigenvalue weighted by Crippen LogP contribution is 2.22. The summed E-state index contributed by atoms with van der Waals surface area (Å²) in [6.07, 6.45) is 3.28. The van der Waals surface area contributed by atoms with E-state index in [1.165, 1.54) is 17.4 Å². The quantitative estimate of drug-likeness (QED) is 0.848. The zero-order valence-electron chi connectivity index (χ0n) is 9.60. The van der Waals surface area contributed by atoms with Crippen molar-refractivity contribution in [1.82, 2.24) is 5.32 Å². The molecular formula is C14H12ClNOS. The molecule has 0 aliphatic heterocycles. The van der Waals surface area contributed by atoms with Crippen LogP contribution in [0.3, 0.4) is 0 Å². The van der Waals surface area contributed by atoms with Gasteiger partial charge in [-0.1, -0.05) is 41.9 Å². The van der Waals surface area contributed by atoms with Crippen LogP contribution in [0.25, 0.3) is 6.08 Å². The highest BCUT2D eigenvalue weighted by atomic mass is 35.5. The number of nitrogens with one attached hydrogen (secondary N) is 1. The molecule has 0 aliphatic rings. The lowest BCUT2D eigenvalue weighted by Gasteiger charge is -2.01.